The van der Waals surface area contributed by atoms with E-state index in [-0.39, 0.29) is 36.3 Å². The molecule has 2 amide bonds. The molecule has 0 saturated carbocycles. The van der Waals surface area contributed by atoms with Crippen molar-refractivity contribution in [2.45, 2.75) is 32.2 Å². The third-order valence-electron chi connectivity index (χ3n) is 3.37. The van der Waals surface area contributed by atoms with Gasteiger partial charge in [0.25, 0.3) is 5.91 Å². The van der Waals surface area contributed by atoms with Crippen LogP contribution in [0.3, 0.4) is 0 Å². The van der Waals surface area contributed by atoms with Crippen molar-refractivity contribution in [3.8, 4) is 0 Å². The summed E-state index contributed by atoms with van der Waals surface area (Å²) >= 11 is 0. The fraction of sp³-hybridized carbons (Fsp3) is 0.636. The number of nitrogens with one attached hydrogen (secondary N) is 1. The van der Waals surface area contributed by atoms with E-state index in [0.29, 0.717) is 13.0 Å². The zero-order valence-electron chi connectivity index (χ0n) is 10.0. The molecule has 0 aliphatic carbocycles. The summed E-state index contributed by atoms with van der Waals surface area (Å²) in [5, 5.41) is 12.8. The summed E-state index contributed by atoms with van der Waals surface area (Å²) in [4.78, 5) is 35.6. The molecule has 0 aromatic heterocycles. The molecule has 2 aliphatic heterocycles. The van der Waals surface area contributed by atoms with Crippen LogP contribution in [-0.2, 0) is 14.4 Å². The maximum Gasteiger partial charge on any atom is 0.326 e. The average Bonchev–Trinajstić information content (AvgIpc) is 2.71. The Bertz CT molecular complexity index is 432. The van der Waals surface area contributed by atoms with Crippen molar-refractivity contribution < 1.29 is 19.5 Å². The molecule has 0 spiro atoms. The monoisotopic (exact) mass is 253 g/mol. The molecule has 98 valence electrons. The average molecular weight is 253 g/mol. The van der Waals surface area contributed by atoms with E-state index in [9.17, 15) is 14.4 Å². The van der Waals surface area contributed by atoms with Crippen LogP contribution in [-0.4, -0.2) is 46.1 Å². The molecule has 7 heteroatoms. The number of nitrogens with zero attached hydrogens (tertiary/aromatic N) is 2. The highest BCUT2D eigenvalue weighted by molar-refractivity contribution is 6.39. The molecule has 0 radical (unpaired) electrons. The molecule has 2 atom stereocenters. The minimum Gasteiger partial charge on any atom is -0.480 e. The van der Waals surface area contributed by atoms with Gasteiger partial charge < -0.3 is 10.0 Å². The van der Waals surface area contributed by atoms with E-state index in [2.05, 4.69) is 10.5 Å². The molecule has 2 heterocycles. The fourth-order valence-corrected chi connectivity index (χ4v) is 2.35. The SMILES string of the molecule is CC1CCN(C(=O)C2=NNC(=O)CC2)C1C(=O)O. The summed E-state index contributed by atoms with van der Waals surface area (Å²) in [7, 11) is 0. The maximum absolute atomic E-state index is 12.1. The lowest BCUT2D eigenvalue weighted by Crippen LogP contribution is -2.47. The van der Waals surface area contributed by atoms with E-state index in [0.717, 1.165) is 0 Å². The second-order valence-electron chi connectivity index (χ2n) is 4.64. The normalized spacial score (nSPS) is 27.7. The molecule has 2 unspecified atom stereocenters. The van der Waals surface area contributed by atoms with Gasteiger partial charge >= 0.3 is 5.97 Å². The van der Waals surface area contributed by atoms with Crippen molar-refractivity contribution in [3.05, 3.63) is 0 Å². The van der Waals surface area contributed by atoms with Gasteiger partial charge in [0.2, 0.25) is 5.91 Å². The molecule has 0 aromatic rings. The number of hydrogen-bond acceptors (Lipinski definition) is 4. The van der Waals surface area contributed by atoms with Gasteiger partial charge in [0, 0.05) is 19.4 Å². The number of likely N-dealkylation sites (tertiary alicyclic amines) is 1. The molecule has 18 heavy (non-hydrogen) atoms. The smallest absolute Gasteiger partial charge is 0.326 e. The number of hydrazone groups is 1. The Morgan fingerprint density at radius 2 is 2.17 bits per heavy atom. The molecular formula is C11H15N3O4. The number of carboxylic acid groups (broad SMARTS) is 1. The number of carbonyl (C=O) groups excluding carboxylic acids is 2. The standard InChI is InChI=1S/C11H15N3O4/c1-6-4-5-14(9(6)11(17)18)10(16)7-2-3-8(15)13-12-7/h6,9H,2-5H2,1H3,(H,13,15)(H,17,18). The Kier molecular flexibility index (Phi) is 3.31. The van der Waals surface area contributed by atoms with E-state index in [1.54, 1.807) is 0 Å². The first-order valence-corrected chi connectivity index (χ1v) is 5.90. The minimum atomic E-state index is -0.992. The molecule has 2 aliphatic rings. The van der Waals surface area contributed by atoms with Gasteiger partial charge in [-0.3, -0.25) is 9.59 Å². The van der Waals surface area contributed by atoms with E-state index < -0.39 is 12.0 Å². The highest BCUT2D eigenvalue weighted by atomic mass is 16.4. The summed E-state index contributed by atoms with van der Waals surface area (Å²) in [5.41, 5.74) is 2.48. The van der Waals surface area contributed by atoms with Gasteiger partial charge in [0.15, 0.2) is 0 Å². The van der Waals surface area contributed by atoms with Crippen molar-refractivity contribution in [2.75, 3.05) is 6.54 Å². The van der Waals surface area contributed by atoms with Crippen molar-refractivity contribution in [1.29, 1.82) is 0 Å². The van der Waals surface area contributed by atoms with E-state index in [1.807, 2.05) is 6.92 Å². The molecule has 2 rings (SSSR count). The van der Waals surface area contributed by atoms with Crippen LogP contribution in [0.2, 0.25) is 0 Å². The summed E-state index contributed by atoms with van der Waals surface area (Å²) in [6.45, 7) is 2.24. The van der Waals surface area contributed by atoms with Gasteiger partial charge in [-0.05, 0) is 12.3 Å². The Balaban J connectivity index is 2.14. The molecular weight excluding hydrogens is 238 g/mol. The fourth-order valence-electron chi connectivity index (χ4n) is 2.35. The van der Waals surface area contributed by atoms with Gasteiger partial charge in [-0.1, -0.05) is 6.92 Å². The molecule has 2 N–H and O–H groups in total. The lowest BCUT2D eigenvalue weighted by molar-refractivity contribution is -0.147. The zero-order chi connectivity index (χ0) is 13.3. The van der Waals surface area contributed by atoms with Crippen molar-refractivity contribution in [1.82, 2.24) is 10.3 Å². The van der Waals surface area contributed by atoms with Crippen molar-refractivity contribution >= 4 is 23.5 Å². The first kappa shape index (κ1) is 12.5. The maximum atomic E-state index is 12.1. The number of carbonyl (C=O) groups is 3. The van der Waals surface area contributed by atoms with Crippen LogP contribution in [0.15, 0.2) is 5.10 Å². The van der Waals surface area contributed by atoms with Crippen LogP contribution in [0, 0.1) is 5.92 Å². The van der Waals surface area contributed by atoms with Crippen LogP contribution in [0.4, 0.5) is 0 Å². The van der Waals surface area contributed by atoms with Crippen LogP contribution in [0.1, 0.15) is 26.2 Å². The number of rotatable bonds is 2. The van der Waals surface area contributed by atoms with Gasteiger partial charge in [0.05, 0.1) is 0 Å². The van der Waals surface area contributed by atoms with E-state index in [4.69, 9.17) is 5.11 Å². The van der Waals surface area contributed by atoms with Crippen LogP contribution in [0.5, 0.6) is 0 Å². The highest BCUT2D eigenvalue weighted by Gasteiger charge is 2.41. The molecule has 7 nitrogen and oxygen atoms in total. The Morgan fingerprint density at radius 1 is 1.44 bits per heavy atom. The number of hydrogen-bond donors (Lipinski definition) is 2. The first-order chi connectivity index (χ1) is 8.50. The summed E-state index contributed by atoms with van der Waals surface area (Å²) in [6, 6.07) is -0.794. The Labute approximate surface area is 104 Å². The number of amides is 2. The predicted octanol–water partition coefficient (Wildman–Crippen LogP) is -0.426. The molecule has 1 fully saturated rings. The second kappa shape index (κ2) is 4.75. The van der Waals surface area contributed by atoms with Gasteiger partial charge in [-0.2, -0.15) is 5.10 Å². The minimum absolute atomic E-state index is 0.0646. The Hall–Kier alpha value is -1.92. The van der Waals surface area contributed by atoms with Gasteiger partial charge in [-0.25, -0.2) is 10.2 Å². The topological polar surface area (TPSA) is 99.1 Å². The molecule has 1 saturated heterocycles. The third-order valence-corrected chi connectivity index (χ3v) is 3.37. The van der Waals surface area contributed by atoms with Crippen LogP contribution in [0.25, 0.3) is 0 Å². The summed E-state index contributed by atoms with van der Waals surface area (Å²) in [5.74, 6) is -1.66. The Morgan fingerprint density at radius 3 is 2.72 bits per heavy atom. The number of carboxylic acids is 1. The van der Waals surface area contributed by atoms with Gasteiger partial charge in [-0.15, -0.1) is 0 Å². The zero-order valence-corrected chi connectivity index (χ0v) is 10.0. The summed E-state index contributed by atoms with van der Waals surface area (Å²) < 4.78 is 0. The highest BCUT2D eigenvalue weighted by Crippen LogP contribution is 2.25. The van der Waals surface area contributed by atoms with Crippen LogP contribution >= 0.6 is 0 Å². The van der Waals surface area contributed by atoms with Crippen molar-refractivity contribution in [3.63, 3.8) is 0 Å². The lowest BCUT2D eigenvalue weighted by atomic mass is 10.0. The van der Waals surface area contributed by atoms with E-state index >= 15 is 0 Å². The quantitative estimate of drug-likeness (QED) is 0.697. The number of aliphatic carboxylic acids is 1. The second-order valence-corrected chi connectivity index (χ2v) is 4.64. The summed E-state index contributed by atoms with van der Waals surface area (Å²) in [6.07, 6.45) is 1.15. The lowest BCUT2D eigenvalue weighted by Gasteiger charge is -2.24. The van der Waals surface area contributed by atoms with Crippen LogP contribution < -0.4 is 5.43 Å². The van der Waals surface area contributed by atoms with E-state index in [1.165, 1.54) is 4.90 Å². The molecule has 0 aromatic carbocycles. The molecule has 0 bridgehead atoms. The van der Waals surface area contributed by atoms with Crippen molar-refractivity contribution in [2.24, 2.45) is 11.0 Å². The predicted molar refractivity (Wildman–Crippen MR) is 61.7 cm³/mol. The largest absolute Gasteiger partial charge is 0.480 e. The third kappa shape index (κ3) is 2.20. The van der Waals surface area contributed by atoms with Gasteiger partial charge in [0.1, 0.15) is 11.8 Å². The first-order valence-electron chi connectivity index (χ1n) is 5.90.